The normalized spacial score (nSPS) is 9.47. The zero-order valence-electron chi connectivity index (χ0n) is 7.88. The van der Waals surface area contributed by atoms with Gasteiger partial charge in [-0.05, 0) is 34.7 Å². The Kier molecular flexibility index (Phi) is 4.54. The van der Waals surface area contributed by atoms with E-state index >= 15 is 0 Å². The lowest BCUT2D eigenvalue weighted by Gasteiger charge is -2.08. The van der Waals surface area contributed by atoms with Crippen molar-refractivity contribution in [2.24, 2.45) is 0 Å². The van der Waals surface area contributed by atoms with Crippen molar-refractivity contribution in [3.8, 4) is 11.8 Å². The Morgan fingerprint density at radius 3 is 2.80 bits per heavy atom. The summed E-state index contributed by atoms with van der Waals surface area (Å²) < 4.78 is 5.77. The first-order valence-corrected chi connectivity index (χ1v) is 6.21. The van der Waals surface area contributed by atoms with Crippen molar-refractivity contribution in [2.75, 3.05) is 12.4 Å². The number of nitrogens with zero attached hydrogens (tertiary/aromatic N) is 1. The van der Waals surface area contributed by atoms with Crippen LogP contribution in [-0.4, -0.2) is 18.2 Å². The molecule has 0 aromatic heterocycles. The third-order valence-electron chi connectivity index (χ3n) is 1.85. The molecule has 0 aliphatic carbocycles. The first-order valence-electron chi connectivity index (χ1n) is 4.01. The van der Waals surface area contributed by atoms with Gasteiger partial charge in [0.05, 0.1) is 33.2 Å². The van der Waals surface area contributed by atoms with Crippen LogP contribution in [0.1, 0.15) is 15.9 Å². The molecule has 0 fully saturated rings. The van der Waals surface area contributed by atoms with Gasteiger partial charge in [0.25, 0.3) is 0 Å². The molecule has 0 N–H and O–H groups in total. The van der Waals surface area contributed by atoms with Crippen molar-refractivity contribution in [1.29, 1.82) is 5.26 Å². The van der Waals surface area contributed by atoms with Crippen molar-refractivity contribution < 1.29 is 9.53 Å². The lowest BCUT2D eigenvalue weighted by molar-refractivity contribution is 0.102. The highest BCUT2D eigenvalue weighted by Gasteiger charge is 2.17. The molecule has 0 spiro atoms. The molecule has 0 atom stereocenters. The quantitative estimate of drug-likeness (QED) is 0.461. The van der Waals surface area contributed by atoms with E-state index in [1.165, 1.54) is 7.11 Å². The molecule has 0 saturated carbocycles. The van der Waals surface area contributed by atoms with Gasteiger partial charge >= 0.3 is 0 Å². The molecule has 3 nitrogen and oxygen atoms in total. The summed E-state index contributed by atoms with van der Waals surface area (Å²) in [5.41, 5.74) is 0.805. The maximum absolute atomic E-state index is 11.6. The smallest absolute Gasteiger partial charge is 0.175 e. The van der Waals surface area contributed by atoms with E-state index in [2.05, 4.69) is 15.9 Å². The number of ether oxygens (including phenoxy) is 1. The number of rotatable bonds is 3. The average Bonchev–Trinajstić information content (AvgIpc) is 2.27. The Balaban J connectivity index is 3.44. The van der Waals surface area contributed by atoms with Gasteiger partial charge in [0, 0.05) is 0 Å². The molecule has 0 radical (unpaired) electrons. The monoisotopic (exact) mass is 379 g/mol. The number of methoxy groups -OCH3 is 1. The van der Waals surface area contributed by atoms with E-state index in [0.29, 0.717) is 20.4 Å². The maximum Gasteiger partial charge on any atom is 0.175 e. The fraction of sp³-hybridized carbons (Fsp3) is 0.200. The largest absolute Gasteiger partial charge is 0.496 e. The third kappa shape index (κ3) is 2.49. The van der Waals surface area contributed by atoms with Gasteiger partial charge < -0.3 is 4.74 Å². The van der Waals surface area contributed by atoms with Gasteiger partial charge in [0.1, 0.15) is 5.75 Å². The molecule has 78 valence electrons. The molecule has 1 rings (SSSR count). The first-order chi connectivity index (χ1) is 7.15. The van der Waals surface area contributed by atoms with Gasteiger partial charge in [-0.15, -0.1) is 0 Å². The molecule has 0 aliphatic heterocycles. The standard InChI is InChI=1S/C10H7BrINO2/c1-15-8-3-2-6(5-13)9(10(8)12)7(14)4-11/h2-3H,4H2,1H3. The Morgan fingerprint density at radius 2 is 2.33 bits per heavy atom. The van der Waals surface area contributed by atoms with Gasteiger partial charge in [0.2, 0.25) is 0 Å². The number of alkyl halides is 1. The summed E-state index contributed by atoms with van der Waals surface area (Å²) in [6.07, 6.45) is 0. The summed E-state index contributed by atoms with van der Waals surface area (Å²) in [7, 11) is 1.53. The summed E-state index contributed by atoms with van der Waals surface area (Å²) >= 11 is 5.10. The fourth-order valence-corrected chi connectivity index (χ4v) is 2.42. The van der Waals surface area contributed by atoms with Crippen LogP contribution in [0.3, 0.4) is 0 Å². The minimum Gasteiger partial charge on any atom is -0.496 e. The van der Waals surface area contributed by atoms with Crippen LogP contribution in [-0.2, 0) is 0 Å². The minimum absolute atomic E-state index is 0.116. The molecular weight excluding hydrogens is 373 g/mol. The summed E-state index contributed by atoms with van der Waals surface area (Å²) in [5, 5.41) is 9.09. The van der Waals surface area contributed by atoms with E-state index in [-0.39, 0.29) is 11.1 Å². The van der Waals surface area contributed by atoms with Crippen molar-refractivity contribution in [1.82, 2.24) is 0 Å². The van der Waals surface area contributed by atoms with E-state index < -0.39 is 0 Å². The first kappa shape index (κ1) is 12.5. The number of hydrogen-bond acceptors (Lipinski definition) is 3. The van der Waals surface area contributed by atoms with E-state index in [1.54, 1.807) is 12.1 Å². The van der Waals surface area contributed by atoms with Crippen molar-refractivity contribution in [3.05, 3.63) is 26.8 Å². The van der Waals surface area contributed by atoms with Gasteiger partial charge in [-0.3, -0.25) is 4.79 Å². The van der Waals surface area contributed by atoms with E-state index in [1.807, 2.05) is 28.7 Å². The van der Waals surface area contributed by atoms with Crippen LogP contribution in [0, 0.1) is 14.9 Å². The van der Waals surface area contributed by atoms with Crippen LogP contribution < -0.4 is 4.74 Å². The number of ketones is 1. The molecule has 0 saturated heterocycles. The molecule has 0 heterocycles. The molecule has 0 bridgehead atoms. The predicted octanol–water partition coefficient (Wildman–Crippen LogP) is 2.75. The summed E-state index contributed by atoms with van der Waals surface area (Å²) in [5.74, 6) is 0.494. The highest BCUT2D eigenvalue weighted by atomic mass is 127. The molecule has 0 amide bonds. The van der Waals surface area contributed by atoms with Gasteiger partial charge in [-0.25, -0.2) is 0 Å². The molecule has 0 unspecified atom stereocenters. The molecular formula is C10H7BrINO2. The van der Waals surface area contributed by atoms with Crippen LogP contribution >= 0.6 is 38.5 Å². The third-order valence-corrected chi connectivity index (χ3v) is 3.43. The van der Waals surface area contributed by atoms with Crippen molar-refractivity contribution in [2.45, 2.75) is 0 Å². The Labute approximate surface area is 110 Å². The van der Waals surface area contributed by atoms with Gasteiger partial charge in [-0.1, -0.05) is 15.9 Å². The van der Waals surface area contributed by atoms with Crippen LogP contribution in [0.25, 0.3) is 0 Å². The summed E-state index contributed by atoms with van der Waals surface area (Å²) in [6, 6.07) is 5.28. The number of nitriles is 1. The van der Waals surface area contributed by atoms with E-state index in [9.17, 15) is 4.79 Å². The number of carbonyl (C=O) groups is 1. The topological polar surface area (TPSA) is 50.1 Å². The summed E-state index contributed by atoms with van der Waals surface area (Å²) in [4.78, 5) is 11.6. The number of carbonyl (C=O) groups excluding carboxylic acids is 1. The maximum atomic E-state index is 11.6. The molecule has 15 heavy (non-hydrogen) atoms. The average molecular weight is 380 g/mol. The Hall–Kier alpha value is -0.610. The zero-order chi connectivity index (χ0) is 11.4. The Morgan fingerprint density at radius 1 is 1.67 bits per heavy atom. The SMILES string of the molecule is COc1ccc(C#N)c(C(=O)CBr)c1I. The fourth-order valence-electron chi connectivity index (χ4n) is 1.15. The molecule has 5 heteroatoms. The lowest BCUT2D eigenvalue weighted by Crippen LogP contribution is -2.07. The van der Waals surface area contributed by atoms with Crippen LogP contribution in [0.2, 0.25) is 0 Å². The highest BCUT2D eigenvalue weighted by Crippen LogP contribution is 2.27. The molecule has 1 aromatic carbocycles. The van der Waals surface area contributed by atoms with Crippen molar-refractivity contribution in [3.63, 3.8) is 0 Å². The van der Waals surface area contributed by atoms with Gasteiger partial charge in [0.15, 0.2) is 5.78 Å². The number of benzene rings is 1. The second kappa shape index (κ2) is 5.47. The van der Waals surface area contributed by atoms with E-state index in [4.69, 9.17) is 10.00 Å². The van der Waals surface area contributed by atoms with Crippen LogP contribution in [0.4, 0.5) is 0 Å². The second-order valence-electron chi connectivity index (χ2n) is 2.67. The van der Waals surface area contributed by atoms with Crippen LogP contribution in [0.15, 0.2) is 12.1 Å². The Bertz CT molecular complexity index is 440. The lowest BCUT2D eigenvalue weighted by atomic mass is 10.1. The number of hydrogen-bond donors (Lipinski definition) is 0. The van der Waals surface area contributed by atoms with E-state index in [0.717, 1.165) is 0 Å². The van der Waals surface area contributed by atoms with Crippen LogP contribution in [0.5, 0.6) is 5.75 Å². The summed E-state index contributed by atoms with van der Waals surface area (Å²) in [6.45, 7) is 0. The van der Waals surface area contributed by atoms with Crippen molar-refractivity contribution >= 4 is 44.3 Å². The zero-order valence-corrected chi connectivity index (χ0v) is 11.6. The second-order valence-corrected chi connectivity index (χ2v) is 4.31. The van der Waals surface area contributed by atoms with Gasteiger partial charge in [-0.2, -0.15) is 5.26 Å². The predicted molar refractivity (Wildman–Crippen MR) is 68.6 cm³/mol. The minimum atomic E-state index is -0.116. The number of Topliss-reactive ketones (excluding diaryl/α,β-unsaturated/α-hetero) is 1. The number of halogens is 2. The molecule has 0 aliphatic rings. The molecule has 1 aromatic rings. The highest BCUT2D eigenvalue weighted by molar-refractivity contribution is 14.1.